The monoisotopic (exact) mass is 486 g/mol. The van der Waals surface area contributed by atoms with E-state index in [0.29, 0.717) is 61.5 Å². The van der Waals surface area contributed by atoms with Crippen LogP contribution in [-0.2, 0) is 14.3 Å². The van der Waals surface area contributed by atoms with Gasteiger partial charge in [0.2, 0.25) is 5.89 Å². The van der Waals surface area contributed by atoms with Gasteiger partial charge >= 0.3 is 0 Å². The molecule has 0 aliphatic rings. The third-order valence-electron chi connectivity index (χ3n) is 4.12. The number of fused-ring (bicyclic) bond motifs is 1. The summed E-state index contributed by atoms with van der Waals surface area (Å²) in [5, 5.41) is 2.76. The maximum absolute atomic E-state index is 12.0. The van der Waals surface area contributed by atoms with E-state index in [2.05, 4.69) is 38.1 Å². The highest BCUT2D eigenvalue weighted by atomic mass is 79.9. The quantitative estimate of drug-likeness (QED) is 0.331. The predicted octanol–water partition coefficient (Wildman–Crippen LogP) is 4.65. The van der Waals surface area contributed by atoms with Crippen LogP contribution in [0.5, 0.6) is 5.75 Å². The number of carbonyl (C=O) groups is 1. The molecular weight excluding hydrogens is 464 g/mol. The van der Waals surface area contributed by atoms with Gasteiger partial charge in [0, 0.05) is 16.6 Å². The van der Waals surface area contributed by atoms with Crippen molar-refractivity contribution in [3.63, 3.8) is 0 Å². The van der Waals surface area contributed by atoms with Crippen LogP contribution in [-0.4, -0.2) is 43.9 Å². The Morgan fingerprint density at radius 3 is 2.74 bits per heavy atom. The molecule has 162 valence electrons. The van der Waals surface area contributed by atoms with Gasteiger partial charge in [-0.1, -0.05) is 21.9 Å². The minimum atomic E-state index is -0.432. The number of ether oxygens (including phenoxy) is 3. The molecule has 2 aromatic carbocycles. The van der Waals surface area contributed by atoms with Crippen molar-refractivity contribution in [2.24, 2.45) is 0 Å². The summed E-state index contributed by atoms with van der Waals surface area (Å²) in [6.07, 6.45) is 0. The molecule has 3 rings (SSSR count). The van der Waals surface area contributed by atoms with Crippen molar-refractivity contribution >= 4 is 38.6 Å². The second-order valence-corrected chi connectivity index (χ2v) is 7.24. The SMILES string of the molecule is CC#CC(=O)Nc1cc(-c2nc3cc(Br)ccc3o2)ccc1OCCOCCOCC. The third-order valence-corrected chi connectivity index (χ3v) is 4.62. The van der Waals surface area contributed by atoms with E-state index in [1.165, 1.54) is 0 Å². The number of nitrogens with one attached hydrogen (secondary N) is 1. The lowest BCUT2D eigenvalue weighted by Crippen LogP contribution is -2.13. The summed E-state index contributed by atoms with van der Waals surface area (Å²) < 4.78 is 23.3. The fraction of sp³-hybridized carbons (Fsp3) is 0.304. The summed E-state index contributed by atoms with van der Waals surface area (Å²) >= 11 is 3.43. The average molecular weight is 487 g/mol. The van der Waals surface area contributed by atoms with E-state index in [1.807, 2.05) is 31.2 Å². The zero-order valence-electron chi connectivity index (χ0n) is 17.4. The minimum absolute atomic E-state index is 0.324. The smallest absolute Gasteiger partial charge is 0.300 e. The fourth-order valence-corrected chi connectivity index (χ4v) is 3.10. The fourth-order valence-electron chi connectivity index (χ4n) is 2.75. The maximum atomic E-state index is 12.0. The van der Waals surface area contributed by atoms with Crippen molar-refractivity contribution in [3.8, 4) is 29.0 Å². The van der Waals surface area contributed by atoms with Crippen LogP contribution in [0.25, 0.3) is 22.6 Å². The van der Waals surface area contributed by atoms with E-state index < -0.39 is 5.91 Å². The van der Waals surface area contributed by atoms with Gasteiger partial charge in [0.1, 0.15) is 17.9 Å². The Balaban J connectivity index is 1.76. The first-order valence-electron chi connectivity index (χ1n) is 9.83. The molecule has 3 aromatic rings. The van der Waals surface area contributed by atoms with Gasteiger partial charge in [0.25, 0.3) is 5.91 Å². The van der Waals surface area contributed by atoms with E-state index in [-0.39, 0.29) is 0 Å². The predicted molar refractivity (Wildman–Crippen MR) is 122 cm³/mol. The molecule has 0 saturated carbocycles. The van der Waals surface area contributed by atoms with Crippen LogP contribution in [0.15, 0.2) is 45.3 Å². The van der Waals surface area contributed by atoms with Crippen molar-refractivity contribution in [1.82, 2.24) is 4.98 Å². The Labute approximate surface area is 189 Å². The van der Waals surface area contributed by atoms with Crippen LogP contribution in [0.4, 0.5) is 5.69 Å². The van der Waals surface area contributed by atoms with Crippen LogP contribution in [0.2, 0.25) is 0 Å². The molecule has 8 heteroatoms. The zero-order valence-corrected chi connectivity index (χ0v) is 19.0. The lowest BCUT2D eigenvalue weighted by molar-refractivity contribution is -0.111. The van der Waals surface area contributed by atoms with E-state index in [4.69, 9.17) is 18.6 Å². The molecule has 0 aliphatic carbocycles. The number of aromatic nitrogens is 1. The standard InChI is InChI=1S/C23H23BrN2O5/c1-3-5-22(27)25-18-14-16(23-26-19-15-17(24)7-9-21(19)31-23)6-8-20(18)30-13-12-29-11-10-28-4-2/h6-9,14-15H,4,10-13H2,1-2H3,(H,25,27). The zero-order chi connectivity index (χ0) is 22.1. The average Bonchev–Trinajstić information content (AvgIpc) is 3.17. The highest BCUT2D eigenvalue weighted by molar-refractivity contribution is 9.10. The first-order valence-corrected chi connectivity index (χ1v) is 10.6. The van der Waals surface area contributed by atoms with Gasteiger partial charge in [-0.25, -0.2) is 4.98 Å². The Morgan fingerprint density at radius 1 is 1.13 bits per heavy atom. The number of hydrogen-bond acceptors (Lipinski definition) is 6. The highest BCUT2D eigenvalue weighted by Crippen LogP contribution is 2.32. The van der Waals surface area contributed by atoms with Crippen molar-refractivity contribution < 1.29 is 23.4 Å². The third kappa shape index (κ3) is 6.56. The Hall–Kier alpha value is -2.86. The number of halogens is 1. The first-order chi connectivity index (χ1) is 15.1. The molecule has 7 nitrogen and oxygen atoms in total. The molecule has 1 aromatic heterocycles. The second-order valence-electron chi connectivity index (χ2n) is 6.33. The number of benzene rings is 2. The van der Waals surface area contributed by atoms with Gasteiger partial charge < -0.3 is 23.9 Å². The molecular formula is C23H23BrN2O5. The summed E-state index contributed by atoms with van der Waals surface area (Å²) in [5.74, 6) is 5.56. The van der Waals surface area contributed by atoms with Gasteiger partial charge in [-0.05, 0) is 56.2 Å². The van der Waals surface area contributed by atoms with Crippen LogP contribution in [0.3, 0.4) is 0 Å². The van der Waals surface area contributed by atoms with Gasteiger partial charge in [-0.2, -0.15) is 0 Å². The molecule has 0 spiro atoms. The molecule has 0 unspecified atom stereocenters. The highest BCUT2D eigenvalue weighted by Gasteiger charge is 2.13. The van der Waals surface area contributed by atoms with E-state index >= 15 is 0 Å². The van der Waals surface area contributed by atoms with Crippen LogP contribution < -0.4 is 10.1 Å². The largest absolute Gasteiger partial charge is 0.489 e. The van der Waals surface area contributed by atoms with E-state index in [9.17, 15) is 4.79 Å². The topological polar surface area (TPSA) is 82.8 Å². The lowest BCUT2D eigenvalue weighted by Gasteiger charge is -2.13. The van der Waals surface area contributed by atoms with Gasteiger partial charge in [0.15, 0.2) is 5.58 Å². The van der Waals surface area contributed by atoms with Gasteiger partial charge in [-0.15, -0.1) is 0 Å². The van der Waals surface area contributed by atoms with E-state index in [1.54, 1.807) is 19.1 Å². The lowest BCUT2D eigenvalue weighted by atomic mass is 10.2. The molecule has 0 fully saturated rings. The molecule has 31 heavy (non-hydrogen) atoms. The van der Waals surface area contributed by atoms with Crippen molar-refractivity contribution in [2.45, 2.75) is 13.8 Å². The van der Waals surface area contributed by atoms with Crippen molar-refractivity contribution in [3.05, 3.63) is 40.9 Å². The number of rotatable bonds is 10. The van der Waals surface area contributed by atoms with E-state index in [0.717, 1.165) is 9.99 Å². The number of hydrogen-bond donors (Lipinski definition) is 1. The summed E-state index contributed by atoms with van der Waals surface area (Å²) in [7, 11) is 0. The number of nitrogens with zero attached hydrogens (tertiary/aromatic N) is 1. The summed E-state index contributed by atoms with van der Waals surface area (Å²) in [4.78, 5) is 16.6. The molecule has 1 heterocycles. The molecule has 1 N–H and O–H groups in total. The molecule has 1 amide bonds. The van der Waals surface area contributed by atoms with Gasteiger partial charge in [-0.3, -0.25) is 4.79 Å². The summed E-state index contributed by atoms with van der Waals surface area (Å²) in [5.41, 5.74) is 2.58. The van der Waals surface area contributed by atoms with Crippen LogP contribution >= 0.6 is 15.9 Å². The Bertz CT molecular complexity index is 1100. The summed E-state index contributed by atoms with van der Waals surface area (Å²) in [6.45, 7) is 5.96. The minimum Gasteiger partial charge on any atom is -0.489 e. The normalized spacial score (nSPS) is 10.5. The number of anilines is 1. The second kappa shape index (κ2) is 11.5. The van der Waals surface area contributed by atoms with Crippen LogP contribution in [0, 0.1) is 11.8 Å². The van der Waals surface area contributed by atoms with Gasteiger partial charge in [0.05, 0.1) is 25.5 Å². The molecule has 0 aliphatic heterocycles. The number of carbonyl (C=O) groups excluding carboxylic acids is 1. The molecule has 0 radical (unpaired) electrons. The Morgan fingerprint density at radius 2 is 1.94 bits per heavy atom. The summed E-state index contributed by atoms with van der Waals surface area (Å²) in [6, 6.07) is 10.9. The van der Waals surface area contributed by atoms with Crippen LogP contribution in [0.1, 0.15) is 13.8 Å². The maximum Gasteiger partial charge on any atom is 0.300 e. The first kappa shape index (κ1) is 22.8. The Kier molecular flexibility index (Phi) is 8.47. The molecule has 0 saturated heterocycles. The molecule has 0 atom stereocenters. The molecule has 0 bridgehead atoms. The number of amides is 1. The van der Waals surface area contributed by atoms with Crippen molar-refractivity contribution in [1.29, 1.82) is 0 Å². The van der Waals surface area contributed by atoms with Crippen molar-refractivity contribution in [2.75, 3.05) is 38.4 Å². The number of oxazole rings is 1.